The van der Waals surface area contributed by atoms with Crippen molar-refractivity contribution in [2.75, 3.05) is 0 Å². The van der Waals surface area contributed by atoms with Crippen LogP contribution in [0.25, 0.3) is 0 Å². The highest BCUT2D eigenvalue weighted by Crippen LogP contribution is 2.39. The molecule has 1 aliphatic carbocycles. The van der Waals surface area contributed by atoms with E-state index in [1.165, 1.54) is 0 Å². The highest BCUT2D eigenvalue weighted by Gasteiger charge is 2.33. The molecule has 3 heteroatoms. The molecule has 15 heavy (non-hydrogen) atoms. The van der Waals surface area contributed by atoms with Gasteiger partial charge in [-0.15, -0.1) is 0 Å². The van der Waals surface area contributed by atoms with Gasteiger partial charge in [-0.25, -0.2) is 0 Å². The Labute approximate surface area is 93.9 Å². The number of carbonyl (C=O) groups is 1. The average Bonchev–Trinajstić information content (AvgIpc) is 2.98. The van der Waals surface area contributed by atoms with Crippen LogP contribution < -0.4 is 0 Å². The molecule has 0 aliphatic heterocycles. The lowest BCUT2D eigenvalue weighted by atomic mass is 9.98. The monoisotopic (exact) mass is 224 g/mol. The van der Waals surface area contributed by atoms with Crippen molar-refractivity contribution in [1.29, 1.82) is 0 Å². The predicted molar refractivity (Wildman–Crippen MR) is 59.6 cm³/mol. The fourth-order valence-electron chi connectivity index (χ4n) is 1.71. The fourth-order valence-corrected chi connectivity index (χ4v) is 1.97. The van der Waals surface area contributed by atoms with Gasteiger partial charge in [0.2, 0.25) is 0 Å². The molecule has 2 nitrogen and oxygen atoms in total. The van der Waals surface area contributed by atoms with Crippen molar-refractivity contribution in [2.24, 2.45) is 5.92 Å². The van der Waals surface area contributed by atoms with Gasteiger partial charge in [0.15, 0.2) is 5.78 Å². The number of aromatic hydroxyl groups is 1. The van der Waals surface area contributed by atoms with Crippen molar-refractivity contribution >= 4 is 17.4 Å². The fraction of sp³-hybridized carbons (Fsp3) is 0.417. The van der Waals surface area contributed by atoms with E-state index in [2.05, 4.69) is 0 Å². The molecule has 1 aliphatic rings. The van der Waals surface area contributed by atoms with Crippen molar-refractivity contribution < 1.29 is 9.90 Å². The zero-order valence-corrected chi connectivity index (χ0v) is 9.56. The predicted octanol–water partition coefficient (Wildman–Crippen LogP) is 3.26. The zero-order valence-electron chi connectivity index (χ0n) is 8.80. The molecule has 0 aromatic heterocycles. The van der Waals surface area contributed by atoms with Gasteiger partial charge in [0, 0.05) is 10.9 Å². The summed E-state index contributed by atoms with van der Waals surface area (Å²) in [5.41, 5.74) is 1.77. The zero-order chi connectivity index (χ0) is 11.2. The first-order valence-corrected chi connectivity index (χ1v) is 5.43. The van der Waals surface area contributed by atoms with E-state index in [1.807, 2.05) is 0 Å². The third-order valence-electron chi connectivity index (χ3n) is 2.88. The lowest BCUT2D eigenvalue weighted by molar-refractivity contribution is 0.0964. The van der Waals surface area contributed by atoms with Crippen molar-refractivity contribution in [3.05, 3.63) is 27.8 Å². The number of Topliss-reactive ketones (excluding diaryl/α,β-unsaturated/α-hetero) is 1. The summed E-state index contributed by atoms with van der Waals surface area (Å²) in [6.07, 6.45) is 1.87. The van der Waals surface area contributed by atoms with Gasteiger partial charge in [0.05, 0.1) is 5.56 Å². The smallest absolute Gasteiger partial charge is 0.169 e. The summed E-state index contributed by atoms with van der Waals surface area (Å²) in [4.78, 5) is 11.9. The van der Waals surface area contributed by atoms with E-state index in [4.69, 9.17) is 11.6 Å². The highest BCUT2D eigenvalue weighted by molar-refractivity contribution is 6.32. The van der Waals surface area contributed by atoms with Crippen LogP contribution in [0.1, 0.15) is 34.3 Å². The summed E-state index contributed by atoms with van der Waals surface area (Å²) in [6, 6.07) is 1.69. The SMILES string of the molecule is Cc1cc(Cl)c(C)c(C(=O)C2CC2)c1O. The van der Waals surface area contributed by atoms with Gasteiger partial charge >= 0.3 is 0 Å². The van der Waals surface area contributed by atoms with Crippen LogP contribution in [0.4, 0.5) is 0 Å². The van der Waals surface area contributed by atoms with Crippen LogP contribution in [0.15, 0.2) is 6.07 Å². The number of hydrogen-bond donors (Lipinski definition) is 1. The first kappa shape index (κ1) is 10.5. The molecule has 0 unspecified atom stereocenters. The molecule has 0 radical (unpaired) electrons. The van der Waals surface area contributed by atoms with E-state index in [0.717, 1.165) is 12.8 Å². The lowest BCUT2D eigenvalue weighted by Gasteiger charge is -2.11. The largest absolute Gasteiger partial charge is 0.507 e. The topological polar surface area (TPSA) is 37.3 Å². The van der Waals surface area contributed by atoms with Gasteiger partial charge in [-0.1, -0.05) is 11.6 Å². The first-order valence-electron chi connectivity index (χ1n) is 5.05. The third kappa shape index (κ3) is 1.74. The van der Waals surface area contributed by atoms with E-state index in [1.54, 1.807) is 19.9 Å². The van der Waals surface area contributed by atoms with E-state index >= 15 is 0 Å². The lowest BCUT2D eigenvalue weighted by Crippen LogP contribution is -2.05. The summed E-state index contributed by atoms with van der Waals surface area (Å²) in [5.74, 6) is 0.233. The Kier molecular flexibility index (Phi) is 2.47. The third-order valence-corrected chi connectivity index (χ3v) is 3.27. The Hall–Kier alpha value is -1.02. The molecule has 0 heterocycles. The minimum atomic E-state index is 0.0376. The van der Waals surface area contributed by atoms with Crippen molar-refractivity contribution in [2.45, 2.75) is 26.7 Å². The molecule has 1 N–H and O–H groups in total. The summed E-state index contributed by atoms with van der Waals surface area (Å²) >= 11 is 6.00. The molecular weight excluding hydrogens is 212 g/mol. The van der Waals surface area contributed by atoms with Gasteiger partial charge in [0.25, 0.3) is 0 Å². The van der Waals surface area contributed by atoms with Crippen LogP contribution in [0.5, 0.6) is 5.75 Å². The molecule has 2 rings (SSSR count). The maximum atomic E-state index is 11.9. The number of phenolic OH excluding ortho intramolecular Hbond substituents is 1. The molecule has 80 valence electrons. The quantitative estimate of drug-likeness (QED) is 0.783. The van der Waals surface area contributed by atoms with E-state index in [9.17, 15) is 9.90 Å². The van der Waals surface area contributed by atoms with Crippen LogP contribution in [0, 0.1) is 19.8 Å². The molecule has 0 amide bonds. The van der Waals surface area contributed by atoms with Gasteiger partial charge in [-0.05, 0) is 43.9 Å². The van der Waals surface area contributed by atoms with Gasteiger partial charge in [0.1, 0.15) is 5.75 Å². The van der Waals surface area contributed by atoms with E-state index in [0.29, 0.717) is 21.7 Å². The Balaban J connectivity index is 2.57. The van der Waals surface area contributed by atoms with Crippen LogP contribution in [0.2, 0.25) is 5.02 Å². The van der Waals surface area contributed by atoms with Gasteiger partial charge in [-0.2, -0.15) is 0 Å². The molecule has 1 saturated carbocycles. The second-order valence-corrected chi connectivity index (χ2v) is 4.57. The Morgan fingerprint density at radius 1 is 1.47 bits per heavy atom. The summed E-state index contributed by atoms with van der Waals surface area (Å²) < 4.78 is 0. The Bertz CT molecular complexity index is 407. The molecule has 0 atom stereocenters. The summed E-state index contributed by atoms with van der Waals surface area (Å²) in [7, 11) is 0. The maximum absolute atomic E-state index is 11.9. The number of halogens is 1. The maximum Gasteiger partial charge on any atom is 0.169 e. The standard InChI is InChI=1S/C12H13ClO2/c1-6-5-9(13)7(2)10(11(6)14)12(15)8-3-4-8/h5,8,14H,3-4H2,1-2H3. The number of rotatable bonds is 2. The molecule has 1 aromatic rings. The highest BCUT2D eigenvalue weighted by atomic mass is 35.5. The second-order valence-electron chi connectivity index (χ2n) is 4.16. The molecule has 0 spiro atoms. The molecular formula is C12H13ClO2. The summed E-state index contributed by atoms with van der Waals surface area (Å²) in [6.45, 7) is 3.53. The van der Waals surface area contributed by atoms with E-state index < -0.39 is 0 Å². The van der Waals surface area contributed by atoms with Crippen molar-refractivity contribution in [1.82, 2.24) is 0 Å². The van der Waals surface area contributed by atoms with Crippen molar-refractivity contribution in [3.8, 4) is 5.75 Å². The average molecular weight is 225 g/mol. The molecule has 1 aromatic carbocycles. The number of aryl methyl sites for hydroxylation is 1. The normalized spacial score (nSPS) is 15.4. The molecule has 0 bridgehead atoms. The van der Waals surface area contributed by atoms with E-state index in [-0.39, 0.29) is 17.5 Å². The molecule has 1 fully saturated rings. The van der Waals surface area contributed by atoms with Crippen LogP contribution in [-0.2, 0) is 0 Å². The van der Waals surface area contributed by atoms with Crippen LogP contribution >= 0.6 is 11.6 Å². The number of benzene rings is 1. The summed E-state index contributed by atoms with van der Waals surface area (Å²) in [5, 5.41) is 10.4. The second kappa shape index (κ2) is 3.53. The van der Waals surface area contributed by atoms with Crippen molar-refractivity contribution in [3.63, 3.8) is 0 Å². The van der Waals surface area contributed by atoms with Gasteiger partial charge in [-0.3, -0.25) is 4.79 Å². The Morgan fingerprint density at radius 2 is 2.07 bits per heavy atom. The minimum Gasteiger partial charge on any atom is -0.507 e. The van der Waals surface area contributed by atoms with Crippen LogP contribution in [-0.4, -0.2) is 10.9 Å². The van der Waals surface area contributed by atoms with Gasteiger partial charge < -0.3 is 5.11 Å². The van der Waals surface area contributed by atoms with Crippen LogP contribution in [0.3, 0.4) is 0 Å². The Morgan fingerprint density at radius 3 is 2.60 bits per heavy atom. The minimum absolute atomic E-state index is 0.0376. The number of ketones is 1. The molecule has 0 saturated heterocycles. The number of phenols is 1. The number of hydrogen-bond acceptors (Lipinski definition) is 2. The number of carbonyl (C=O) groups excluding carboxylic acids is 1. The first-order chi connectivity index (χ1) is 7.02.